The van der Waals surface area contributed by atoms with Crippen molar-refractivity contribution in [3.05, 3.63) is 35.6 Å². The molecule has 0 saturated carbocycles. The summed E-state index contributed by atoms with van der Waals surface area (Å²) >= 11 is 1.65. The van der Waals surface area contributed by atoms with Crippen molar-refractivity contribution >= 4 is 23.6 Å². The van der Waals surface area contributed by atoms with E-state index in [0.717, 1.165) is 11.3 Å². The molecule has 2 rings (SSSR count). The van der Waals surface area contributed by atoms with Crippen molar-refractivity contribution in [1.82, 2.24) is 15.5 Å². The lowest BCUT2D eigenvalue weighted by Gasteiger charge is -2.34. The number of piperazine rings is 1. The van der Waals surface area contributed by atoms with Crippen molar-refractivity contribution in [2.24, 2.45) is 0 Å². The second-order valence-electron chi connectivity index (χ2n) is 5.45. The minimum absolute atomic E-state index is 0.121. The van der Waals surface area contributed by atoms with Crippen LogP contribution in [0.25, 0.3) is 0 Å². The molecular weight excluding hydrogens is 317 g/mol. The molecule has 23 heavy (non-hydrogen) atoms. The molecule has 0 aliphatic carbocycles. The second-order valence-corrected chi connectivity index (χ2v) is 6.44. The van der Waals surface area contributed by atoms with E-state index in [1.165, 1.54) is 12.1 Å². The van der Waals surface area contributed by atoms with E-state index in [9.17, 15) is 14.0 Å². The number of nitrogens with zero attached hydrogens (tertiary/aromatic N) is 1. The molecule has 1 aliphatic heterocycles. The number of nitrogens with one attached hydrogen (secondary N) is 2. The number of carbonyl (C=O) groups is 2. The number of halogens is 1. The van der Waals surface area contributed by atoms with E-state index >= 15 is 0 Å². The lowest BCUT2D eigenvalue weighted by molar-refractivity contribution is -0.134. The van der Waals surface area contributed by atoms with Gasteiger partial charge >= 0.3 is 0 Å². The Kier molecular flexibility index (Phi) is 6.85. The van der Waals surface area contributed by atoms with Crippen molar-refractivity contribution in [3.63, 3.8) is 0 Å². The fraction of sp³-hybridized carbons (Fsp3) is 0.500. The Bertz CT molecular complexity index is 556. The molecule has 7 heteroatoms. The summed E-state index contributed by atoms with van der Waals surface area (Å²) in [5.41, 5.74) is 0.799. The summed E-state index contributed by atoms with van der Waals surface area (Å²) in [5, 5.41) is 5.61. The van der Waals surface area contributed by atoms with E-state index in [2.05, 4.69) is 10.6 Å². The molecule has 1 atom stereocenters. The van der Waals surface area contributed by atoms with Gasteiger partial charge in [0.25, 0.3) is 0 Å². The van der Waals surface area contributed by atoms with E-state index in [0.29, 0.717) is 26.2 Å². The highest BCUT2D eigenvalue weighted by Crippen LogP contribution is 2.14. The molecule has 1 saturated heterocycles. The highest BCUT2D eigenvalue weighted by molar-refractivity contribution is 7.98. The van der Waals surface area contributed by atoms with Gasteiger partial charge in [-0.25, -0.2) is 4.39 Å². The van der Waals surface area contributed by atoms with Crippen molar-refractivity contribution < 1.29 is 14.0 Å². The quantitative estimate of drug-likeness (QED) is 0.728. The van der Waals surface area contributed by atoms with Crippen LogP contribution in [-0.4, -0.2) is 54.4 Å². The molecule has 0 bridgehead atoms. The average Bonchev–Trinajstić information content (AvgIpc) is 2.51. The number of benzene rings is 1. The number of hydrogen-bond donors (Lipinski definition) is 2. The maximum absolute atomic E-state index is 13.3. The third-order valence-corrected chi connectivity index (χ3v) is 4.34. The Morgan fingerprint density at radius 2 is 2.35 bits per heavy atom. The van der Waals surface area contributed by atoms with E-state index in [1.807, 2.05) is 17.2 Å². The average molecular weight is 339 g/mol. The van der Waals surface area contributed by atoms with E-state index in [-0.39, 0.29) is 24.1 Å². The molecule has 126 valence electrons. The molecule has 0 spiro atoms. The van der Waals surface area contributed by atoms with E-state index < -0.39 is 6.04 Å². The van der Waals surface area contributed by atoms with Crippen molar-refractivity contribution in [2.75, 3.05) is 31.6 Å². The minimum atomic E-state index is -0.513. The van der Waals surface area contributed by atoms with Crippen molar-refractivity contribution in [1.29, 1.82) is 0 Å². The van der Waals surface area contributed by atoms with Gasteiger partial charge in [0.2, 0.25) is 11.8 Å². The summed E-state index contributed by atoms with van der Waals surface area (Å²) < 4.78 is 13.3. The molecule has 1 heterocycles. The standard InChI is InChI=1S/C16H22FN3O2S/c1-23-8-6-18-15(21)10-14-16(22)19-5-7-20(14)11-12-3-2-4-13(17)9-12/h2-4,9,14H,5-8,10-11H2,1H3,(H,18,21)(H,19,22). The summed E-state index contributed by atoms with van der Waals surface area (Å²) in [6, 6.07) is 5.82. The molecule has 0 aromatic heterocycles. The largest absolute Gasteiger partial charge is 0.355 e. The first-order chi connectivity index (χ1) is 11.1. The van der Waals surface area contributed by atoms with Gasteiger partial charge in [-0.15, -0.1) is 0 Å². The lowest BCUT2D eigenvalue weighted by Crippen LogP contribution is -2.56. The molecule has 2 amide bonds. The van der Waals surface area contributed by atoms with Gasteiger partial charge in [0.15, 0.2) is 0 Å². The number of thioether (sulfide) groups is 1. The summed E-state index contributed by atoms with van der Waals surface area (Å²) in [4.78, 5) is 26.0. The van der Waals surface area contributed by atoms with Crippen LogP contribution < -0.4 is 10.6 Å². The molecule has 1 aromatic rings. The van der Waals surface area contributed by atoms with Gasteiger partial charge in [0.05, 0.1) is 12.5 Å². The van der Waals surface area contributed by atoms with Crippen molar-refractivity contribution in [2.45, 2.75) is 19.0 Å². The smallest absolute Gasteiger partial charge is 0.237 e. The number of rotatable bonds is 7. The Labute approximate surface area is 140 Å². The van der Waals surface area contributed by atoms with Crippen LogP contribution in [0.5, 0.6) is 0 Å². The van der Waals surface area contributed by atoms with Crippen LogP contribution in [0.4, 0.5) is 4.39 Å². The van der Waals surface area contributed by atoms with Crippen LogP contribution in [0.2, 0.25) is 0 Å². The first-order valence-corrected chi connectivity index (χ1v) is 9.01. The third kappa shape index (κ3) is 5.51. The number of hydrogen-bond acceptors (Lipinski definition) is 4. The van der Waals surface area contributed by atoms with Crippen LogP contribution in [0.1, 0.15) is 12.0 Å². The summed E-state index contributed by atoms with van der Waals surface area (Å²) in [5.74, 6) is 0.267. The van der Waals surface area contributed by atoms with Crippen LogP contribution >= 0.6 is 11.8 Å². The Morgan fingerprint density at radius 3 is 3.09 bits per heavy atom. The maximum atomic E-state index is 13.3. The van der Waals surface area contributed by atoms with Crippen molar-refractivity contribution in [3.8, 4) is 0 Å². The molecule has 1 aromatic carbocycles. The molecule has 1 aliphatic rings. The van der Waals surface area contributed by atoms with Gasteiger partial charge in [-0.3, -0.25) is 14.5 Å². The second kappa shape index (κ2) is 8.88. The number of carbonyl (C=O) groups excluding carboxylic acids is 2. The Balaban J connectivity index is 1.98. The molecule has 5 nitrogen and oxygen atoms in total. The first-order valence-electron chi connectivity index (χ1n) is 7.62. The zero-order valence-electron chi connectivity index (χ0n) is 13.2. The zero-order chi connectivity index (χ0) is 16.7. The van der Waals surface area contributed by atoms with Crippen LogP contribution in [-0.2, 0) is 16.1 Å². The molecular formula is C16H22FN3O2S. The van der Waals surface area contributed by atoms with Gasteiger partial charge in [-0.1, -0.05) is 12.1 Å². The molecule has 1 fully saturated rings. The fourth-order valence-electron chi connectivity index (χ4n) is 2.58. The predicted octanol–water partition coefficient (Wildman–Crippen LogP) is 0.995. The van der Waals surface area contributed by atoms with Crippen LogP contribution in [0.3, 0.4) is 0 Å². The van der Waals surface area contributed by atoms with Gasteiger partial charge in [0, 0.05) is 31.9 Å². The van der Waals surface area contributed by atoms with E-state index in [4.69, 9.17) is 0 Å². The topological polar surface area (TPSA) is 61.4 Å². The Morgan fingerprint density at radius 1 is 1.52 bits per heavy atom. The molecule has 0 radical (unpaired) electrons. The maximum Gasteiger partial charge on any atom is 0.237 e. The van der Waals surface area contributed by atoms with Gasteiger partial charge < -0.3 is 10.6 Å². The van der Waals surface area contributed by atoms with Gasteiger partial charge in [0.1, 0.15) is 5.82 Å². The van der Waals surface area contributed by atoms with Crippen LogP contribution in [0, 0.1) is 5.82 Å². The first kappa shape index (κ1) is 17.7. The predicted molar refractivity (Wildman–Crippen MR) is 89.6 cm³/mol. The Hall–Kier alpha value is -1.60. The SMILES string of the molecule is CSCCNC(=O)CC1C(=O)NCCN1Cc1cccc(F)c1. The fourth-order valence-corrected chi connectivity index (χ4v) is 2.89. The highest BCUT2D eigenvalue weighted by atomic mass is 32.2. The molecule has 2 N–H and O–H groups in total. The summed E-state index contributed by atoms with van der Waals surface area (Å²) in [7, 11) is 0. The minimum Gasteiger partial charge on any atom is -0.355 e. The van der Waals surface area contributed by atoms with E-state index in [1.54, 1.807) is 17.8 Å². The van der Waals surface area contributed by atoms with Gasteiger partial charge in [-0.05, 0) is 24.0 Å². The van der Waals surface area contributed by atoms with Gasteiger partial charge in [-0.2, -0.15) is 11.8 Å². The summed E-state index contributed by atoms with van der Waals surface area (Å²) in [6.45, 7) is 2.23. The highest BCUT2D eigenvalue weighted by Gasteiger charge is 2.31. The van der Waals surface area contributed by atoms with Crippen LogP contribution in [0.15, 0.2) is 24.3 Å². The number of amides is 2. The lowest BCUT2D eigenvalue weighted by atomic mass is 10.1. The molecule has 1 unspecified atom stereocenters. The normalized spacial score (nSPS) is 18.5. The third-order valence-electron chi connectivity index (χ3n) is 3.72. The monoisotopic (exact) mass is 339 g/mol. The summed E-state index contributed by atoms with van der Waals surface area (Å²) in [6.07, 6.45) is 2.09. The zero-order valence-corrected chi connectivity index (χ0v) is 14.0.